The maximum absolute atomic E-state index is 13.5. The third kappa shape index (κ3) is 45.9. The molecule has 81 heavy (non-hydrogen) atoms. The Bertz CT molecular complexity index is 1460. The first-order chi connectivity index (χ1) is 39.7. The number of esters is 1. The molecule has 0 radical (unpaired) electrons. The number of aliphatic hydroxyl groups is 5. The lowest BCUT2D eigenvalue weighted by atomic mass is 9.99. The van der Waals surface area contributed by atoms with E-state index in [0.717, 1.165) is 70.6 Å². The molecule has 0 aromatic rings. The summed E-state index contributed by atoms with van der Waals surface area (Å²) >= 11 is 0. The molecule has 1 heterocycles. The minimum atomic E-state index is -1.61. The highest BCUT2D eigenvalue weighted by molar-refractivity contribution is 5.80. The molecule has 0 bridgehead atoms. The lowest BCUT2D eigenvalue weighted by molar-refractivity contribution is -0.305. The average molecular weight is 1150 g/mol. The van der Waals surface area contributed by atoms with Crippen molar-refractivity contribution in [3.8, 4) is 0 Å². The zero-order chi connectivity index (χ0) is 58.9. The number of hydrogen-bond acceptors (Lipinski definition) is 10. The summed E-state index contributed by atoms with van der Waals surface area (Å²) in [7, 11) is 0. The topological polar surface area (TPSA) is 175 Å². The van der Waals surface area contributed by atoms with Gasteiger partial charge < -0.3 is 45.1 Å². The predicted molar refractivity (Wildman–Crippen MR) is 338 cm³/mol. The van der Waals surface area contributed by atoms with Crippen LogP contribution >= 0.6 is 0 Å². The molecule has 0 saturated carbocycles. The lowest BCUT2D eigenvalue weighted by Crippen LogP contribution is -2.61. The number of rotatable bonds is 60. The number of carbonyl (C=O) groups is 2. The van der Waals surface area contributed by atoms with Gasteiger partial charge in [-0.05, 0) is 77.0 Å². The molecule has 1 amide bonds. The lowest BCUT2D eigenvalue weighted by Gasteiger charge is -2.41. The largest absolute Gasteiger partial charge is 0.454 e. The highest BCUT2D eigenvalue weighted by Crippen LogP contribution is 2.26. The van der Waals surface area contributed by atoms with Crippen LogP contribution < -0.4 is 5.32 Å². The fraction of sp³-hybridized carbons (Fsp3) is 0.886. The third-order valence-corrected chi connectivity index (χ3v) is 16.5. The molecule has 1 fully saturated rings. The fourth-order valence-electron chi connectivity index (χ4n) is 11.0. The Morgan fingerprint density at radius 2 is 0.815 bits per heavy atom. The van der Waals surface area contributed by atoms with Gasteiger partial charge in [-0.25, -0.2) is 0 Å². The number of hydrogen-bond donors (Lipinski definition) is 6. The quantitative estimate of drug-likeness (QED) is 0.0195. The van der Waals surface area contributed by atoms with E-state index in [-0.39, 0.29) is 13.0 Å². The number of unbranched alkanes of at least 4 members (excludes halogenated alkanes) is 42. The van der Waals surface area contributed by atoms with Crippen molar-refractivity contribution < 1.29 is 49.3 Å². The number of carbonyl (C=O) groups excluding carboxylic acids is 2. The third-order valence-electron chi connectivity index (χ3n) is 16.5. The van der Waals surface area contributed by atoms with Crippen LogP contribution in [-0.2, 0) is 23.8 Å². The van der Waals surface area contributed by atoms with Gasteiger partial charge in [0.2, 0.25) is 5.91 Å². The van der Waals surface area contributed by atoms with Crippen LogP contribution in [0, 0.1) is 0 Å². The summed E-state index contributed by atoms with van der Waals surface area (Å²) < 4.78 is 17.7. The first kappa shape index (κ1) is 76.9. The molecule has 8 atom stereocenters. The van der Waals surface area contributed by atoms with Crippen LogP contribution in [-0.4, -0.2) is 99.6 Å². The van der Waals surface area contributed by atoms with Gasteiger partial charge in [0, 0.05) is 6.42 Å². The number of nitrogens with one attached hydrogen (secondary N) is 1. The van der Waals surface area contributed by atoms with Gasteiger partial charge in [-0.1, -0.05) is 288 Å². The Balaban J connectivity index is 2.56. The van der Waals surface area contributed by atoms with E-state index in [1.807, 2.05) is 6.08 Å². The van der Waals surface area contributed by atoms with E-state index in [2.05, 4.69) is 50.4 Å². The number of amides is 1. The smallest absolute Gasteiger partial charge is 0.306 e. The normalized spacial score (nSPS) is 18.8. The van der Waals surface area contributed by atoms with Crippen LogP contribution in [0.1, 0.15) is 335 Å². The van der Waals surface area contributed by atoms with Crippen molar-refractivity contribution in [3.05, 3.63) is 36.5 Å². The van der Waals surface area contributed by atoms with Gasteiger partial charge in [0.1, 0.15) is 24.4 Å². The van der Waals surface area contributed by atoms with Gasteiger partial charge in [-0.2, -0.15) is 0 Å². The van der Waals surface area contributed by atoms with Gasteiger partial charge in [0.25, 0.3) is 0 Å². The second-order valence-corrected chi connectivity index (χ2v) is 24.3. The second-order valence-electron chi connectivity index (χ2n) is 24.3. The Labute approximate surface area is 498 Å². The van der Waals surface area contributed by atoms with Gasteiger partial charge in [0.05, 0.1) is 25.4 Å². The van der Waals surface area contributed by atoms with Crippen LogP contribution in [0.25, 0.3) is 0 Å². The van der Waals surface area contributed by atoms with Crippen LogP contribution in [0.3, 0.4) is 0 Å². The Morgan fingerprint density at radius 1 is 0.469 bits per heavy atom. The molecule has 0 aromatic carbocycles. The number of ether oxygens (including phenoxy) is 3. The molecule has 0 spiro atoms. The summed E-state index contributed by atoms with van der Waals surface area (Å²) in [5.41, 5.74) is 0. The van der Waals surface area contributed by atoms with E-state index in [0.29, 0.717) is 19.3 Å². The summed E-state index contributed by atoms with van der Waals surface area (Å²) in [5, 5.41) is 57.1. The van der Waals surface area contributed by atoms with Gasteiger partial charge in [0.15, 0.2) is 12.4 Å². The SMILES string of the molecule is CCCCCCCC/C=C/CCCCCCCCCCCCCCCCC(O)C(=O)NC(COC1OC(CO)C(O)C(O)C1OC(=O)CCCCCCCCC/C=C/CCCCCCCC)C(O)/C=C/CCCCCCCCCCC. The minimum absolute atomic E-state index is 0.121. The molecule has 1 rings (SSSR count). The van der Waals surface area contributed by atoms with E-state index in [1.165, 1.54) is 218 Å². The van der Waals surface area contributed by atoms with Gasteiger partial charge in [-0.15, -0.1) is 0 Å². The molecule has 0 aromatic heterocycles. The Kier molecular flexibility index (Phi) is 55.3. The molecule has 1 aliphatic heterocycles. The maximum Gasteiger partial charge on any atom is 0.306 e. The number of aliphatic hydroxyl groups excluding tert-OH is 5. The van der Waals surface area contributed by atoms with Crippen molar-refractivity contribution >= 4 is 11.9 Å². The molecular weight excluding hydrogens is 1010 g/mol. The Hall–Kier alpha value is -2.12. The second kappa shape index (κ2) is 58.3. The van der Waals surface area contributed by atoms with E-state index < -0.39 is 67.4 Å². The molecule has 1 saturated heterocycles. The van der Waals surface area contributed by atoms with Gasteiger partial charge >= 0.3 is 5.97 Å². The summed E-state index contributed by atoms with van der Waals surface area (Å²) in [4.78, 5) is 26.6. The van der Waals surface area contributed by atoms with Crippen LogP contribution in [0.15, 0.2) is 36.5 Å². The van der Waals surface area contributed by atoms with E-state index in [9.17, 15) is 35.1 Å². The zero-order valence-corrected chi connectivity index (χ0v) is 52.9. The van der Waals surface area contributed by atoms with E-state index in [1.54, 1.807) is 6.08 Å². The molecule has 1 aliphatic rings. The fourth-order valence-corrected chi connectivity index (χ4v) is 11.0. The summed E-state index contributed by atoms with van der Waals surface area (Å²) in [6, 6.07) is -1.02. The van der Waals surface area contributed by atoms with Crippen molar-refractivity contribution in [2.24, 2.45) is 0 Å². The summed E-state index contributed by atoms with van der Waals surface area (Å²) in [6.07, 6.45) is 60.5. The summed E-state index contributed by atoms with van der Waals surface area (Å²) in [5.74, 6) is -1.19. The van der Waals surface area contributed by atoms with E-state index >= 15 is 0 Å². The molecule has 6 N–H and O–H groups in total. The van der Waals surface area contributed by atoms with E-state index in [4.69, 9.17) is 14.2 Å². The number of allylic oxidation sites excluding steroid dienone is 5. The van der Waals surface area contributed by atoms with Crippen LogP contribution in [0.2, 0.25) is 0 Å². The average Bonchev–Trinajstić information content (AvgIpc) is 3.50. The molecular formula is C70H131NO10. The molecule has 476 valence electrons. The maximum atomic E-state index is 13.5. The zero-order valence-electron chi connectivity index (χ0n) is 52.9. The van der Waals surface area contributed by atoms with Crippen LogP contribution in [0.4, 0.5) is 0 Å². The first-order valence-corrected chi connectivity index (χ1v) is 34.8. The molecule has 11 heteroatoms. The highest BCUT2D eigenvalue weighted by atomic mass is 16.7. The molecule has 11 nitrogen and oxygen atoms in total. The van der Waals surface area contributed by atoms with Crippen molar-refractivity contribution in [1.82, 2.24) is 5.32 Å². The predicted octanol–water partition coefficient (Wildman–Crippen LogP) is 17.4. The van der Waals surface area contributed by atoms with Crippen LogP contribution in [0.5, 0.6) is 0 Å². The summed E-state index contributed by atoms with van der Waals surface area (Å²) in [6.45, 7) is 5.81. The first-order valence-electron chi connectivity index (χ1n) is 34.8. The molecule has 8 unspecified atom stereocenters. The van der Waals surface area contributed by atoms with Crippen molar-refractivity contribution in [2.75, 3.05) is 13.2 Å². The van der Waals surface area contributed by atoms with Crippen molar-refractivity contribution in [2.45, 2.75) is 384 Å². The highest BCUT2D eigenvalue weighted by Gasteiger charge is 2.47. The van der Waals surface area contributed by atoms with Crippen molar-refractivity contribution in [1.29, 1.82) is 0 Å². The minimum Gasteiger partial charge on any atom is -0.454 e. The Morgan fingerprint density at radius 3 is 1.20 bits per heavy atom. The standard InChI is InChI=1S/C70H131NO10/c1-4-7-10-13-16-19-22-24-26-28-29-30-31-32-33-34-36-37-39-42-45-48-51-54-57-63(74)69(78)71-61(62(73)56-53-50-47-44-41-21-18-15-12-9-6-3)60-79-70-68(67(77)66(76)64(59-72)80-70)81-65(75)58-55-52-49-46-43-40-38-35-27-25-23-20-17-14-11-8-5-2/h24-27,53,56,61-64,66-68,70,72-74,76-77H,4-23,28-52,54-55,57-60H2,1-3H3,(H,71,78)/b26-24+,27-25+,56-53+. The monoisotopic (exact) mass is 1150 g/mol. The van der Waals surface area contributed by atoms with Crippen molar-refractivity contribution in [3.63, 3.8) is 0 Å². The molecule has 0 aliphatic carbocycles. The van der Waals surface area contributed by atoms with Gasteiger partial charge in [-0.3, -0.25) is 9.59 Å².